The number of benzene rings is 10. The summed E-state index contributed by atoms with van der Waals surface area (Å²) in [5, 5.41) is 10.0. The highest BCUT2D eigenvalue weighted by Crippen LogP contribution is 2.46. The van der Waals surface area contributed by atoms with Crippen molar-refractivity contribution in [2.24, 2.45) is 0 Å². The summed E-state index contributed by atoms with van der Waals surface area (Å²) in [7, 11) is 0. The summed E-state index contributed by atoms with van der Waals surface area (Å²) in [6.07, 6.45) is 8.52. The number of fused-ring (bicyclic) bond motifs is 7. The Hall–Kier alpha value is -8.20. The minimum Gasteiger partial charge on any atom is -0.337 e. The van der Waals surface area contributed by atoms with Gasteiger partial charge in [0.1, 0.15) is 0 Å². The first-order valence-electron chi connectivity index (χ1n) is 21.7. The second kappa shape index (κ2) is 15.1. The number of hydrogen-bond acceptors (Lipinski definition) is 1. The smallest absolute Gasteiger partial charge is 0.0541 e. The van der Waals surface area contributed by atoms with Crippen LogP contribution in [0.4, 0.5) is 11.4 Å². The first-order valence-corrected chi connectivity index (χ1v) is 21.7. The fourth-order valence-electron chi connectivity index (χ4n) is 10.0. The van der Waals surface area contributed by atoms with E-state index in [1.807, 2.05) is 0 Å². The Balaban J connectivity index is 0.973. The Bertz CT molecular complexity index is 3600. The molecule has 0 fully saturated rings. The highest BCUT2D eigenvalue weighted by molar-refractivity contribution is 6.23. The molecule has 10 aromatic carbocycles. The van der Waals surface area contributed by atoms with E-state index in [-0.39, 0.29) is 0 Å². The highest BCUT2D eigenvalue weighted by Gasteiger charge is 2.20. The number of anilines is 2. The molecule has 2 heterocycles. The van der Waals surface area contributed by atoms with Gasteiger partial charge in [0, 0.05) is 39.9 Å². The lowest BCUT2D eigenvalue weighted by Gasteiger charge is -2.27. The standard InChI is InChI=1S/C61H42N2/c1-41-17-4-3-15-38-62(46-20-5-2-6-21-46)57-36-32-44(39-55(41)57)45-33-37-59-56(40-45)49-23-13-14-29-58(49)63(59)47-34-30-43(31-35-47)60-51-24-9-11-26-53(51)61(54-27-12-10-25-52(54)60)50-28-16-19-42-18-7-8-22-48(42)50/h2-37,39-40H,1,38H2/b15-3-,17-4-. The van der Waals surface area contributed by atoms with E-state index in [9.17, 15) is 0 Å². The number of rotatable bonds is 5. The molecule has 0 aliphatic carbocycles. The molecular weight excluding hydrogens is 761 g/mol. The summed E-state index contributed by atoms with van der Waals surface area (Å²) in [4.78, 5) is 2.36. The van der Waals surface area contributed by atoms with Gasteiger partial charge in [-0.15, -0.1) is 0 Å². The third kappa shape index (κ3) is 6.10. The predicted octanol–water partition coefficient (Wildman–Crippen LogP) is 16.5. The molecule has 0 N–H and O–H groups in total. The maximum absolute atomic E-state index is 4.52. The Morgan fingerprint density at radius 3 is 1.73 bits per heavy atom. The molecule has 11 aromatic rings. The lowest BCUT2D eigenvalue weighted by atomic mass is 9.85. The highest BCUT2D eigenvalue weighted by atomic mass is 15.1. The van der Waals surface area contributed by atoms with Gasteiger partial charge in [0.15, 0.2) is 0 Å². The number of para-hydroxylation sites is 2. The van der Waals surface area contributed by atoms with E-state index in [4.69, 9.17) is 0 Å². The summed E-state index contributed by atoms with van der Waals surface area (Å²) >= 11 is 0. The number of allylic oxidation sites excluding steroid dienone is 4. The van der Waals surface area contributed by atoms with E-state index >= 15 is 0 Å². The second-order valence-corrected chi connectivity index (χ2v) is 16.5. The Labute approximate surface area is 367 Å². The van der Waals surface area contributed by atoms with Crippen molar-refractivity contribution < 1.29 is 0 Å². The van der Waals surface area contributed by atoms with Crippen LogP contribution in [0.2, 0.25) is 0 Å². The van der Waals surface area contributed by atoms with Crippen molar-refractivity contribution >= 4 is 71.1 Å². The maximum Gasteiger partial charge on any atom is 0.0541 e. The zero-order valence-electron chi connectivity index (χ0n) is 34.7. The molecule has 296 valence electrons. The summed E-state index contributed by atoms with van der Waals surface area (Å²) < 4.78 is 2.42. The quantitative estimate of drug-likeness (QED) is 0.157. The van der Waals surface area contributed by atoms with Crippen molar-refractivity contribution in [2.75, 3.05) is 11.4 Å². The molecule has 0 saturated heterocycles. The Kier molecular flexibility index (Phi) is 8.76. The van der Waals surface area contributed by atoms with Gasteiger partial charge in [-0.1, -0.05) is 183 Å². The van der Waals surface area contributed by atoms with Gasteiger partial charge >= 0.3 is 0 Å². The summed E-state index contributed by atoms with van der Waals surface area (Å²) in [6, 6.07) is 75.6. The predicted molar refractivity (Wildman–Crippen MR) is 270 cm³/mol. The van der Waals surface area contributed by atoms with Crippen molar-refractivity contribution in [3.05, 3.63) is 243 Å². The van der Waals surface area contributed by atoms with Crippen LogP contribution in [0.15, 0.2) is 237 Å². The molecule has 12 rings (SSSR count). The molecule has 0 bridgehead atoms. The van der Waals surface area contributed by atoms with Gasteiger partial charge in [-0.25, -0.2) is 0 Å². The zero-order chi connectivity index (χ0) is 41.9. The molecule has 2 nitrogen and oxygen atoms in total. The lowest BCUT2D eigenvalue weighted by Crippen LogP contribution is -2.18. The van der Waals surface area contributed by atoms with Gasteiger partial charge in [-0.05, 0) is 126 Å². The van der Waals surface area contributed by atoms with Gasteiger partial charge < -0.3 is 9.47 Å². The molecule has 1 aliphatic heterocycles. The van der Waals surface area contributed by atoms with E-state index in [2.05, 4.69) is 247 Å². The van der Waals surface area contributed by atoms with Gasteiger partial charge in [0.05, 0.1) is 11.0 Å². The van der Waals surface area contributed by atoms with Crippen LogP contribution >= 0.6 is 0 Å². The first-order chi connectivity index (χ1) is 31.2. The van der Waals surface area contributed by atoms with Crippen molar-refractivity contribution in [3.8, 4) is 39.1 Å². The molecule has 1 aromatic heterocycles. The van der Waals surface area contributed by atoms with E-state index in [1.165, 1.54) is 81.9 Å². The Morgan fingerprint density at radius 1 is 0.381 bits per heavy atom. The minimum absolute atomic E-state index is 0.770. The number of aromatic nitrogens is 1. The monoisotopic (exact) mass is 802 g/mol. The van der Waals surface area contributed by atoms with Gasteiger partial charge in [0.2, 0.25) is 0 Å². The molecule has 0 unspecified atom stereocenters. The van der Waals surface area contributed by atoms with Crippen LogP contribution in [0.5, 0.6) is 0 Å². The van der Waals surface area contributed by atoms with Crippen molar-refractivity contribution in [1.82, 2.24) is 4.57 Å². The molecule has 0 radical (unpaired) electrons. The van der Waals surface area contributed by atoms with Crippen LogP contribution < -0.4 is 4.90 Å². The number of hydrogen-bond donors (Lipinski definition) is 0. The van der Waals surface area contributed by atoms with Crippen molar-refractivity contribution in [2.45, 2.75) is 0 Å². The first kappa shape index (κ1) is 36.6. The fourth-order valence-corrected chi connectivity index (χ4v) is 10.0. The average Bonchev–Trinajstić information content (AvgIpc) is 3.71. The van der Waals surface area contributed by atoms with Crippen LogP contribution in [-0.2, 0) is 0 Å². The van der Waals surface area contributed by atoms with E-state index in [0.29, 0.717) is 0 Å². The second-order valence-electron chi connectivity index (χ2n) is 16.5. The fraction of sp³-hybridized carbons (Fsp3) is 0.0164. The summed E-state index contributed by atoms with van der Waals surface area (Å²) in [5.74, 6) is 0. The molecule has 0 spiro atoms. The van der Waals surface area contributed by atoms with E-state index < -0.39 is 0 Å². The van der Waals surface area contributed by atoms with E-state index in [1.54, 1.807) is 0 Å². The van der Waals surface area contributed by atoms with Crippen LogP contribution in [0, 0.1) is 0 Å². The SMILES string of the molecule is C=C1/C=C\C=C/CN(c2ccccc2)c2ccc(-c3ccc4c(c3)c3ccccc3n4-c3ccc(-c4c5ccccc5c(-c5cccc6ccccc56)c5ccccc45)cc3)cc21. The third-order valence-corrected chi connectivity index (χ3v) is 12.9. The molecule has 0 atom stereocenters. The average molecular weight is 803 g/mol. The summed E-state index contributed by atoms with van der Waals surface area (Å²) in [5.41, 5.74) is 15.3. The van der Waals surface area contributed by atoms with Crippen molar-refractivity contribution in [1.29, 1.82) is 0 Å². The normalized spacial score (nSPS) is 13.9. The van der Waals surface area contributed by atoms with Gasteiger partial charge in [-0.3, -0.25) is 0 Å². The van der Waals surface area contributed by atoms with Crippen LogP contribution in [0.25, 0.3) is 98.8 Å². The Morgan fingerprint density at radius 2 is 0.968 bits per heavy atom. The number of nitrogens with zero attached hydrogens (tertiary/aromatic N) is 2. The molecular formula is C61H42N2. The topological polar surface area (TPSA) is 8.17 Å². The van der Waals surface area contributed by atoms with E-state index in [0.717, 1.165) is 40.3 Å². The largest absolute Gasteiger partial charge is 0.337 e. The van der Waals surface area contributed by atoms with Crippen LogP contribution in [0.1, 0.15) is 5.56 Å². The molecule has 63 heavy (non-hydrogen) atoms. The van der Waals surface area contributed by atoms with Crippen LogP contribution in [0.3, 0.4) is 0 Å². The van der Waals surface area contributed by atoms with Gasteiger partial charge in [-0.2, -0.15) is 0 Å². The minimum atomic E-state index is 0.770. The molecule has 2 heteroatoms. The molecule has 0 amide bonds. The van der Waals surface area contributed by atoms with Crippen LogP contribution in [-0.4, -0.2) is 11.1 Å². The third-order valence-electron chi connectivity index (χ3n) is 12.9. The zero-order valence-corrected chi connectivity index (χ0v) is 34.7. The maximum atomic E-state index is 4.52. The molecule has 0 saturated carbocycles. The van der Waals surface area contributed by atoms with Crippen molar-refractivity contribution in [3.63, 3.8) is 0 Å². The summed E-state index contributed by atoms with van der Waals surface area (Å²) in [6.45, 7) is 5.29. The lowest BCUT2D eigenvalue weighted by molar-refractivity contribution is 1.09. The molecule has 1 aliphatic rings. The van der Waals surface area contributed by atoms with Gasteiger partial charge in [0.25, 0.3) is 0 Å².